The van der Waals surface area contributed by atoms with Gasteiger partial charge in [-0.1, -0.05) is 19.1 Å². The number of hydrogen-bond donors (Lipinski definition) is 2. The third-order valence-corrected chi connectivity index (χ3v) is 4.41. The molecule has 0 fully saturated rings. The zero-order chi connectivity index (χ0) is 21.3. The highest BCUT2D eigenvalue weighted by atomic mass is 19.4. The number of hydrogen-bond acceptors (Lipinski definition) is 6. The molecule has 7 nitrogen and oxygen atoms in total. The molecular weight excluding hydrogens is 395 g/mol. The van der Waals surface area contributed by atoms with Crippen LogP contribution in [0.4, 0.5) is 30.8 Å². The van der Waals surface area contributed by atoms with Crippen LogP contribution >= 0.6 is 0 Å². The summed E-state index contributed by atoms with van der Waals surface area (Å²) in [5, 5.41) is 2.88. The summed E-state index contributed by atoms with van der Waals surface area (Å²) in [6, 6.07) is 12.2. The summed E-state index contributed by atoms with van der Waals surface area (Å²) < 4.78 is 40.1. The van der Waals surface area contributed by atoms with E-state index in [1.54, 1.807) is 0 Å². The molecule has 0 aliphatic rings. The number of nitrogen functional groups attached to an aromatic ring is 1. The van der Waals surface area contributed by atoms with Crippen molar-refractivity contribution in [3.63, 3.8) is 0 Å². The van der Waals surface area contributed by atoms with Gasteiger partial charge in [0.15, 0.2) is 0 Å². The van der Waals surface area contributed by atoms with Gasteiger partial charge in [-0.05, 0) is 42.8 Å². The van der Waals surface area contributed by atoms with Gasteiger partial charge in [0, 0.05) is 12.1 Å². The van der Waals surface area contributed by atoms with Crippen LogP contribution in [0.5, 0.6) is 0 Å². The third kappa shape index (κ3) is 3.88. The molecule has 0 spiro atoms. The van der Waals surface area contributed by atoms with E-state index in [4.69, 9.17) is 5.73 Å². The minimum absolute atomic E-state index is 0.0189. The minimum Gasteiger partial charge on any atom is -0.368 e. The van der Waals surface area contributed by atoms with Crippen LogP contribution in [-0.4, -0.2) is 24.5 Å². The summed E-state index contributed by atoms with van der Waals surface area (Å²) in [6.07, 6.45) is -2.82. The van der Waals surface area contributed by atoms with E-state index < -0.39 is 11.7 Å². The van der Waals surface area contributed by atoms with Gasteiger partial charge in [0.25, 0.3) is 0 Å². The lowest BCUT2D eigenvalue weighted by atomic mass is 10.2. The first-order valence-corrected chi connectivity index (χ1v) is 9.27. The molecular formula is C20H18F3N7. The topological polar surface area (TPSA) is 94.5 Å². The molecule has 0 amide bonds. The zero-order valence-corrected chi connectivity index (χ0v) is 16.0. The van der Waals surface area contributed by atoms with Gasteiger partial charge in [-0.25, -0.2) is 4.98 Å². The van der Waals surface area contributed by atoms with Crippen LogP contribution in [0.2, 0.25) is 0 Å². The van der Waals surface area contributed by atoms with Gasteiger partial charge in [-0.3, -0.25) is 4.57 Å². The van der Waals surface area contributed by atoms with Crippen LogP contribution < -0.4 is 11.1 Å². The maximum absolute atomic E-state index is 12.8. The molecule has 4 aromatic rings. The van der Waals surface area contributed by atoms with Crippen molar-refractivity contribution in [2.24, 2.45) is 0 Å². The number of nitrogens with two attached hydrogens (primary N) is 1. The van der Waals surface area contributed by atoms with Crippen LogP contribution in [0.3, 0.4) is 0 Å². The van der Waals surface area contributed by atoms with E-state index in [-0.39, 0.29) is 17.8 Å². The molecule has 0 aliphatic heterocycles. The van der Waals surface area contributed by atoms with E-state index >= 15 is 0 Å². The highest BCUT2D eigenvalue weighted by Crippen LogP contribution is 2.30. The SMILES string of the molecule is CCCc1nc2ccccc2n1-c1nc(N)nc(Nc2ccc(C(F)(F)F)cc2)n1. The van der Waals surface area contributed by atoms with Crippen molar-refractivity contribution in [3.05, 3.63) is 59.9 Å². The fourth-order valence-electron chi connectivity index (χ4n) is 3.10. The second kappa shape index (κ2) is 7.62. The first kappa shape index (κ1) is 19.6. The maximum Gasteiger partial charge on any atom is 0.416 e. The predicted molar refractivity (Wildman–Crippen MR) is 108 cm³/mol. The molecule has 154 valence electrons. The molecule has 3 N–H and O–H groups in total. The lowest BCUT2D eigenvalue weighted by Crippen LogP contribution is -2.11. The Labute approximate surface area is 169 Å². The van der Waals surface area contributed by atoms with Crippen molar-refractivity contribution in [2.45, 2.75) is 25.9 Å². The smallest absolute Gasteiger partial charge is 0.368 e. The van der Waals surface area contributed by atoms with Crippen molar-refractivity contribution < 1.29 is 13.2 Å². The second-order valence-corrected chi connectivity index (χ2v) is 6.62. The number of halogens is 3. The summed E-state index contributed by atoms with van der Waals surface area (Å²) in [7, 11) is 0. The van der Waals surface area contributed by atoms with E-state index in [1.807, 2.05) is 35.8 Å². The predicted octanol–water partition coefficient (Wildman–Crippen LogP) is 4.51. The average Bonchev–Trinajstić information content (AvgIpc) is 3.05. The summed E-state index contributed by atoms with van der Waals surface area (Å²) in [5.74, 6) is 1.17. The van der Waals surface area contributed by atoms with Gasteiger partial charge in [0.05, 0.1) is 16.6 Å². The molecule has 10 heteroatoms. The third-order valence-electron chi connectivity index (χ3n) is 4.41. The van der Waals surface area contributed by atoms with Crippen LogP contribution in [0.15, 0.2) is 48.5 Å². The van der Waals surface area contributed by atoms with Crippen molar-refractivity contribution in [1.29, 1.82) is 0 Å². The number of alkyl halides is 3. The quantitative estimate of drug-likeness (QED) is 0.500. The molecule has 0 saturated heterocycles. The summed E-state index contributed by atoms with van der Waals surface area (Å²) >= 11 is 0. The van der Waals surface area contributed by atoms with E-state index in [0.717, 1.165) is 35.4 Å². The van der Waals surface area contributed by atoms with Gasteiger partial charge in [-0.15, -0.1) is 0 Å². The number of para-hydroxylation sites is 2. The van der Waals surface area contributed by atoms with Gasteiger partial charge in [0.1, 0.15) is 5.82 Å². The van der Waals surface area contributed by atoms with E-state index in [0.29, 0.717) is 12.1 Å². The van der Waals surface area contributed by atoms with Crippen LogP contribution in [0, 0.1) is 0 Å². The number of fused-ring (bicyclic) bond motifs is 1. The summed E-state index contributed by atoms with van der Waals surface area (Å²) in [6.45, 7) is 2.04. The van der Waals surface area contributed by atoms with Crippen molar-refractivity contribution in [1.82, 2.24) is 24.5 Å². The summed E-state index contributed by atoms with van der Waals surface area (Å²) in [4.78, 5) is 17.4. The Balaban J connectivity index is 1.73. The second-order valence-electron chi connectivity index (χ2n) is 6.62. The van der Waals surface area contributed by atoms with Crippen molar-refractivity contribution in [3.8, 4) is 5.95 Å². The molecule has 0 aliphatic carbocycles. The monoisotopic (exact) mass is 413 g/mol. The molecule has 2 aromatic heterocycles. The Morgan fingerprint density at radius 3 is 2.40 bits per heavy atom. The standard InChI is InChI=1S/C20H18F3N7/c1-2-5-16-26-14-6-3-4-7-15(14)30(16)19-28-17(24)27-18(29-19)25-13-10-8-12(9-11-13)20(21,22)23/h3-4,6-11H,2,5H2,1H3,(H3,24,25,27,28,29). The fourth-order valence-corrected chi connectivity index (χ4v) is 3.10. The Hall–Kier alpha value is -3.69. The Morgan fingerprint density at radius 2 is 1.70 bits per heavy atom. The lowest BCUT2D eigenvalue weighted by molar-refractivity contribution is -0.137. The Morgan fingerprint density at radius 1 is 0.967 bits per heavy atom. The number of imidazole rings is 1. The molecule has 0 saturated carbocycles. The molecule has 0 radical (unpaired) electrons. The Kier molecular flexibility index (Phi) is 4.98. The fraction of sp³-hybridized carbons (Fsp3) is 0.200. The number of anilines is 3. The van der Waals surface area contributed by atoms with E-state index in [1.165, 1.54) is 12.1 Å². The van der Waals surface area contributed by atoms with Crippen LogP contribution in [0.1, 0.15) is 24.7 Å². The number of rotatable bonds is 5. The molecule has 2 heterocycles. The largest absolute Gasteiger partial charge is 0.416 e. The van der Waals surface area contributed by atoms with Crippen molar-refractivity contribution in [2.75, 3.05) is 11.1 Å². The van der Waals surface area contributed by atoms with E-state index in [9.17, 15) is 13.2 Å². The number of nitrogens with one attached hydrogen (secondary N) is 1. The van der Waals surface area contributed by atoms with Crippen molar-refractivity contribution >= 4 is 28.6 Å². The highest BCUT2D eigenvalue weighted by molar-refractivity contribution is 5.77. The van der Waals surface area contributed by atoms with E-state index in [2.05, 4.69) is 25.3 Å². The first-order valence-electron chi connectivity index (χ1n) is 9.27. The van der Waals surface area contributed by atoms with Gasteiger partial charge < -0.3 is 11.1 Å². The number of benzene rings is 2. The molecule has 0 bridgehead atoms. The molecule has 4 rings (SSSR count). The number of nitrogens with zero attached hydrogens (tertiary/aromatic N) is 5. The Bertz CT molecular complexity index is 1180. The van der Waals surface area contributed by atoms with Gasteiger partial charge in [-0.2, -0.15) is 28.1 Å². The van der Waals surface area contributed by atoms with Gasteiger partial charge >= 0.3 is 6.18 Å². The number of aryl methyl sites for hydroxylation is 1. The molecule has 30 heavy (non-hydrogen) atoms. The maximum atomic E-state index is 12.8. The molecule has 0 unspecified atom stereocenters. The summed E-state index contributed by atoms with van der Waals surface area (Å²) in [5.41, 5.74) is 7.17. The molecule has 0 atom stereocenters. The van der Waals surface area contributed by atoms with Crippen LogP contribution in [0.25, 0.3) is 17.0 Å². The minimum atomic E-state index is -4.40. The zero-order valence-electron chi connectivity index (χ0n) is 16.0. The molecule has 2 aromatic carbocycles. The normalized spacial score (nSPS) is 11.7. The first-order chi connectivity index (χ1) is 14.3. The highest BCUT2D eigenvalue weighted by Gasteiger charge is 2.30. The number of aromatic nitrogens is 5. The van der Waals surface area contributed by atoms with Gasteiger partial charge in [0.2, 0.25) is 17.8 Å². The lowest BCUT2D eigenvalue weighted by Gasteiger charge is -2.11. The van der Waals surface area contributed by atoms with Crippen LogP contribution in [-0.2, 0) is 12.6 Å². The average molecular weight is 413 g/mol.